The van der Waals surface area contributed by atoms with Crippen molar-refractivity contribution in [3.05, 3.63) is 69.4 Å². The third-order valence-electron chi connectivity index (χ3n) is 13.3. The summed E-state index contributed by atoms with van der Waals surface area (Å²) in [6.07, 6.45) is 5.69. The van der Waals surface area contributed by atoms with Gasteiger partial charge in [0, 0.05) is 53.7 Å². The molecule has 0 spiro atoms. The van der Waals surface area contributed by atoms with Crippen molar-refractivity contribution < 1.29 is 14.0 Å². The van der Waals surface area contributed by atoms with Crippen LogP contribution in [0.4, 0.5) is 11.4 Å². The van der Waals surface area contributed by atoms with Crippen molar-refractivity contribution in [2.24, 2.45) is 10.8 Å². The Labute approximate surface area is 319 Å². The number of allylic oxidation sites excluding steroid dienone is 1. The second kappa shape index (κ2) is 14.3. The van der Waals surface area contributed by atoms with E-state index in [9.17, 15) is 4.89 Å². The molecule has 0 aromatic heterocycles. The molecule has 0 bridgehead atoms. The van der Waals surface area contributed by atoms with E-state index in [1.807, 2.05) is 0 Å². The SMILES string of the molecule is CCC1(CC)CC(C)(C)[N+](c2c(C(C)C)cccc2C(C)C)=C1C1=P/C(=C2\N(c3c(C(C)C)cccc3C(C)C)C(C)(C)CC2(CC)CC)P1(=O)O. The van der Waals surface area contributed by atoms with Crippen molar-refractivity contribution in [1.29, 1.82) is 0 Å². The lowest BCUT2D eigenvalue weighted by Gasteiger charge is -2.42. The zero-order chi connectivity index (χ0) is 38.9. The maximum Gasteiger partial charge on any atom is 0.275 e. The van der Waals surface area contributed by atoms with Crippen LogP contribution >= 0.6 is 15.6 Å². The Bertz CT molecular complexity index is 1790. The van der Waals surface area contributed by atoms with Gasteiger partial charge in [0.2, 0.25) is 11.4 Å². The molecule has 5 rings (SSSR count). The van der Waals surface area contributed by atoms with E-state index < -0.39 is 7.37 Å². The van der Waals surface area contributed by atoms with Crippen LogP contribution in [0.2, 0.25) is 0 Å². The van der Waals surface area contributed by atoms with E-state index in [4.69, 9.17) is 0 Å². The van der Waals surface area contributed by atoms with E-state index in [1.165, 1.54) is 33.6 Å². The second-order valence-corrected chi connectivity index (χ2v) is 22.7. The number of rotatable bonds is 11. The maximum absolute atomic E-state index is 15.8. The van der Waals surface area contributed by atoms with Gasteiger partial charge in [-0.25, -0.2) is 0 Å². The first-order valence-electron chi connectivity index (χ1n) is 20.5. The number of para-hydroxylation sites is 2. The van der Waals surface area contributed by atoms with E-state index in [2.05, 4.69) is 157 Å². The van der Waals surface area contributed by atoms with Gasteiger partial charge in [-0.15, -0.1) is 0 Å². The van der Waals surface area contributed by atoms with E-state index in [0.717, 1.165) is 68.2 Å². The minimum absolute atomic E-state index is 0.185. The van der Waals surface area contributed by atoms with E-state index in [0.29, 0.717) is 23.7 Å². The molecule has 1 fully saturated rings. The molecule has 1 N–H and O–H groups in total. The van der Waals surface area contributed by atoms with Crippen molar-refractivity contribution in [3.8, 4) is 0 Å². The molecular formula is C46H71N2O2P2+. The van der Waals surface area contributed by atoms with Crippen LogP contribution in [-0.4, -0.2) is 31.3 Å². The van der Waals surface area contributed by atoms with Crippen LogP contribution in [0.5, 0.6) is 0 Å². The lowest BCUT2D eigenvalue weighted by atomic mass is 9.73. The zero-order valence-electron chi connectivity index (χ0n) is 35.7. The smallest absolute Gasteiger partial charge is 0.275 e. The maximum atomic E-state index is 15.8. The predicted molar refractivity (Wildman–Crippen MR) is 229 cm³/mol. The Morgan fingerprint density at radius 3 is 1.52 bits per heavy atom. The standard InChI is InChI=1S/C46H70N2O2P2/c1-17-45(18-2)27-43(13,14)47(37-33(29(5)6)23-21-24-34(37)30(7)8)39(45)41-51-42(52(41,49)50)40-46(19-3,20-4)28-44(15,16)48(40)38-35(31(9)10)25-22-26-36(38)32(11)12/h21-26,29-32H,17-20,27-28H2,1-16H3/p+1. The fourth-order valence-electron chi connectivity index (χ4n) is 10.5. The highest BCUT2D eigenvalue weighted by molar-refractivity contribution is 8.06. The Hall–Kier alpha value is -1.99. The summed E-state index contributed by atoms with van der Waals surface area (Å²) < 4.78 is 18.4. The summed E-state index contributed by atoms with van der Waals surface area (Å²) in [5, 5.41) is 1.56. The lowest BCUT2D eigenvalue weighted by Crippen LogP contribution is -2.41. The number of nitrogens with zero attached hydrogens (tertiary/aromatic N) is 2. The van der Waals surface area contributed by atoms with Crippen LogP contribution in [0, 0.1) is 10.8 Å². The molecule has 1 atom stereocenters. The van der Waals surface area contributed by atoms with Gasteiger partial charge in [0.05, 0.1) is 10.5 Å². The van der Waals surface area contributed by atoms with Crippen LogP contribution in [0.1, 0.15) is 195 Å². The van der Waals surface area contributed by atoms with Gasteiger partial charge < -0.3 is 9.79 Å². The van der Waals surface area contributed by atoms with Gasteiger partial charge in [-0.3, -0.25) is 4.57 Å². The molecule has 1 unspecified atom stereocenters. The normalized spacial score (nSPS) is 25.2. The Balaban J connectivity index is 1.96. The minimum atomic E-state index is -3.92. The topological polar surface area (TPSA) is 43.5 Å². The highest BCUT2D eigenvalue weighted by Gasteiger charge is 2.64. The van der Waals surface area contributed by atoms with Gasteiger partial charge in [-0.2, -0.15) is 4.58 Å². The van der Waals surface area contributed by atoms with Crippen LogP contribution in [0.25, 0.3) is 0 Å². The minimum Gasteiger partial charge on any atom is -0.337 e. The Morgan fingerprint density at radius 1 is 0.712 bits per heavy atom. The Kier molecular flexibility index (Phi) is 11.3. The summed E-state index contributed by atoms with van der Waals surface area (Å²) >= 11 is 0. The first kappa shape index (κ1) is 41.2. The molecule has 3 aliphatic heterocycles. The average molecular weight is 746 g/mol. The molecule has 286 valence electrons. The lowest BCUT2D eigenvalue weighted by molar-refractivity contribution is -0.515. The van der Waals surface area contributed by atoms with E-state index in [-0.39, 0.29) is 21.9 Å². The van der Waals surface area contributed by atoms with Crippen LogP contribution < -0.4 is 4.90 Å². The van der Waals surface area contributed by atoms with Crippen molar-refractivity contribution in [2.75, 3.05) is 4.90 Å². The molecule has 0 amide bonds. The van der Waals surface area contributed by atoms with Gasteiger partial charge in [0.15, 0.2) is 5.54 Å². The molecule has 0 radical (unpaired) electrons. The van der Waals surface area contributed by atoms with E-state index in [1.54, 1.807) is 0 Å². The number of benzene rings is 2. The highest BCUT2D eigenvalue weighted by Crippen LogP contribution is 2.75. The first-order chi connectivity index (χ1) is 24.1. The van der Waals surface area contributed by atoms with Gasteiger partial charge in [-0.05, 0) is 89.0 Å². The fourth-order valence-corrected chi connectivity index (χ4v) is 14.6. The Morgan fingerprint density at radius 2 is 1.13 bits per heavy atom. The largest absolute Gasteiger partial charge is 0.337 e. The molecule has 0 aliphatic carbocycles. The first-order valence-corrected chi connectivity index (χ1v) is 23.1. The molecule has 4 nitrogen and oxygen atoms in total. The second-order valence-electron chi connectivity index (χ2n) is 18.8. The number of hydrogen-bond acceptors (Lipinski definition) is 2. The molecule has 52 heavy (non-hydrogen) atoms. The van der Waals surface area contributed by atoms with Crippen LogP contribution in [-0.2, 0) is 4.57 Å². The summed E-state index contributed by atoms with van der Waals surface area (Å²) in [4.78, 5) is 15.6. The zero-order valence-corrected chi connectivity index (χ0v) is 37.4. The van der Waals surface area contributed by atoms with Gasteiger partial charge in [-0.1, -0.05) is 119 Å². The number of hydrogen-bond donors (Lipinski definition) is 1. The molecule has 6 heteroatoms. The van der Waals surface area contributed by atoms with Crippen molar-refractivity contribution in [2.45, 2.75) is 184 Å². The van der Waals surface area contributed by atoms with Crippen molar-refractivity contribution in [1.82, 2.24) is 0 Å². The van der Waals surface area contributed by atoms with Crippen LogP contribution in [0.3, 0.4) is 0 Å². The summed E-state index contributed by atoms with van der Waals surface area (Å²) in [5.41, 5.74) is 9.32. The van der Waals surface area contributed by atoms with Crippen molar-refractivity contribution >= 4 is 37.7 Å². The van der Waals surface area contributed by atoms with E-state index >= 15 is 4.57 Å². The third kappa shape index (κ3) is 6.28. The quantitative estimate of drug-likeness (QED) is 0.184. The molecule has 3 heterocycles. The predicted octanol–water partition coefficient (Wildman–Crippen LogP) is 14.3. The fraction of sp³-hybridized carbons (Fsp3) is 0.652. The van der Waals surface area contributed by atoms with Gasteiger partial charge in [0.1, 0.15) is 5.03 Å². The monoisotopic (exact) mass is 745 g/mol. The molecule has 2 aromatic rings. The molecule has 1 saturated heterocycles. The number of anilines is 1. The molecule has 2 aromatic carbocycles. The van der Waals surface area contributed by atoms with Gasteiger partial charge in [0.25, 0.3) is 7.37 Å². The summed E-state index contributed by atoms with van der Waals surface area (Å²) in [5.74, 6) is 1.30. The summed E-state index contributed by atoms with van der Waals surface area (Å²) in [6.45, 7) is 37.0. The molecule has 3 aliphatic rings. The van der Waals surface area contributed by atoms with Crippen LogP contribution in [0.15, 0.2) is 47.2 Å². The third-order valence-corrected chi connectivity index (χ3v) is 17.9. The highest BCUT2D eigenvalue weighted by atomic mass is 31.2. The average Bonchev–Trinajstić information content (AvgIpc) is 3.45. The molecule has 0 saturated carbocycles. The molecular weight excluding hydrogens is 674 g/mol. The van der Waals surface area contributed by atoms with Crippen molar-refractivity contribution in [3.63, 3.8) is 0 Å². The summed E-state index contributed by atoms with van der Waals surface area (Å²) in [7, 11) is -2.98. The van der Waals surface area contributed by atoms with Gasteiger partial charge >= 0.3 is 0 Å². The summed E-state index contributed by atoms with van der Waals surface area (Å²) in [6, 6.07) is 13.6.